The van der Waals surface area contributed by atoms with Gasteiger partial charge in [-0.2, -0.15) is 5.26 Å². The number of nitriles is 1. The summed E-state index contributed by atoms with van der Waals surface area (Å²) in [6.07, 6.45) is 2.57. The predicted molar refractivity (Wildman–Crippen MR) is 119 cm³/mol. The van der Waals surface area contributed by atoms with Crippen LogP contribution in [0.1, 0.15) is 11.1 Å². The first-order valence-electron chi connectivity index (χ1n) is 7.04. The summed E-state index contributed by atoms with van der Waals surface area (Å²) in [4.78, 5) is 11.0. The van der Waals surface area contributed by atoms with Crippen LogP contribution in [-0.4, -0.2) is 22.6 Å². The second-order valence-electron chi connectivity index (χ2n) is 4.57. The minimum atomic E-state index is -0.215. The summed E-state index contributed by atoms with van der Waals surface area (Å²) in [6.45, 7) is 7.15. The third-order valence-electron chi connectivity index (χ3n) is 2.96. The molecule has 0 fully saturated rings. The molecule has 2 N–H and O–H groups in total. The summed E-state index contributed by atoms with van der Waals surface area (Å²) >= 11 is 4.36. The molecular formula is C18H12CuI2N4O2. The Morgan fingerprint density at radius 1 is 1.00 bits per heavy atom. The first kappa shape index (κ1) is 23.1. The Morgan fingerprint density at radius 2 is 1.44 bits per heavy atom. The van der Waals surface area contributed by atoms with Gasteiger partial charge in [-0.25, -0.2) is 0 Å². The van der Waals surface area contributed by atoms with E-state index in [1.54, 1.807) is 50.9 Å². The zero-order valence-electron chi connectivity index (χ0n) is 13.5. The molecule has 0 radical (unpaired) electrons. The standard InChI is InChI=1S/C18H12N4O2.Cu.2HI/c1-20-18(22-12-14-7-3-5-9-17(14)24)15(10-19)21-11-13-6-2-4-8-16(13)23;;;/h2-9,11-12,23-24H;;2*1H/q;+2;;/p-2. The fourth-order valence-corrected chi connectivity index (χ4v) is 1.74. The van der Waals surface area contributed by atoms with Crippen LogP contribution in [0.15, 0.2) is 70.0 Å². The van der Waals surface area contributed by atoms with Gasteiger partial charge in [-0.1, -0.05) is 30.8 Å². The quantitative estimate of drug-likeness (QED) is 0.163. The normalized spacial score (nSPS) is 11.4. The number of aromatic hydroxyl groups is 2. The Bertz CT molecular complexity index is 871. The van der Waals surface area contributed by atoms with Gasteiger partial charge in [0.2, 0.25) is 0 Å². The number of nitrogens with zero attached hydrogens (tertiary/aromatic N) is 4. The number of hydrogen-bond acceptors (Lipinski definition) is 5. The molecule has 0 unspecified atom stereocenters. The summed E-state index contributed by atoms with van der Waals surface area (Å²) in [5, 5.41) is 28.5. The average molecular weight is 634 g/mol. The molecule has 0 saturated carbocycles. The average Bonchev–Trinajstić information content (AvgIpc) is 2.67. The van der Waals surface area contributed by atoms with Gasteiger partial charge in [0.15, 0.2) is 5.70 Å². The molecular weight excluding hydrogens is 622 g/mol. The van der Waals surface area contributed by atoms with E-state index >= 15 is 0 Å². The molecule has 0 aliphatic rings. The van der Waals surface area contributed by atoms with E-state index in [4.69, 9.17) is 6.57 Å². The number of halogens is 2. The number of phenols is 2. The first-order valence-corrected chi connectivity index (χ1v) is 13.1. The van der Waals surface area contributed by atoms with Gasteiger partial charge < -0.3 is 15.1 Å². The molecule has 0 spiro atoms. The number of benzene rings is 2. The van der Waals surface area contributed by atoms with Gasteiger partial charge >= 0.3 is 55.0 Å². The summed E-state index contributed by atoms with van der Waals surface area (Å²) < 4.78 is 0. The molecule has 2 aromatic carbocycles. The van der Waals surface area contributed by atoms with E-state index < -0.39 is 0 Å². The summed E-state index contributed by atoms with van der Waals surface area (Å²) in [6, 6.07) is 14.8. The maximum atomic E-state index is 9.67. The van der Waals surface area contributed by atoms with E-state index in [0.717, 1.165) is 0 Å². The van der Waals surface area contributed by atoms with Gasteiger partial charge in [-0.05, 0) is 24.3 Å². The Balaban J connectivity index is 0.00000114. The van der Waals surface area contributed by atoms with Crippen LogP contribution in [0.4, 0.5) is 0 Å². The van der Waals surface area contributed by atoms with Gasteiger partial charge in [-0.15, -0.1) is 4.99 Å². The zero-order valence-corrected chi connectivity index (χ0v) is 18.8. The van der Waals surface area contributed by atoms with Crippen molar-refractivity contribution in [2.45, 2.75) is 0 Å². The third kappa shape index (κ3) is 8.10. The number of para-hydroxylation sites is 2. The van der Waals surface area contributed by atoms with E-state index in [-0.39, 0.29) is 23.0 Å². The van der Waals surface area contributed by atoms with E-state index in [1.807, 2.05) is 0 Å². The monoisotopic (exact) mass is 633 g/mol. The number of allylic oxidation sites excluding steroid dienone is 1. The van der Waals surface area contributed by atoms with Crippen LogP contribution in [-0.2, 0) is 8.46 Å². The molecule has 0 aromatic heterocycles. The van der Waals surface area contributed by atoms with Crippen molar-refractivity contribution >= 4 is 53.1 Å². The second-order valence-corrected chi connectivity index (χ2v) is 12.5. The van der Waals surface area contributed by atoms with Gasteiger partial charge in [0.25, 0.3) is 0 Å². The van der Waals surface area contributed by atoms with Crippen molar-refractivity contribution in [3.05, 3.63) is 82.6 Å². The van der Waals surface area contributed by atoms with Crippen LogP contribution in [0.3, 0.4) is 0 Å². The number of hydrogen-bond donors (Lipinski definition) is 2. The molecule has 0 aliphatic heterocycles. The van der Waals surface area contributed by atoms with Crippen LogP contribution in [0.25, 0.3) is 4.85 Å². The molecule has 141 valence electrons. The molecule has 0 heterocycles. The number of phenolic OH excluding ortho intramolecular Hbond substituents is 2. The molecule has 2 aromatic rings. The molecule has 0 amide bonds. The van der Waals surface area contributed by atoms with Crippen LogP contribution < -0.4 is 0 Å². The fourth-order valence-electron chi connectivity index (χ4n) is 1.74. The minimum absolute atomic E-state index is 0.0145. The van der Waals surface area contributed by atoms with Gasteiger partial charge in [0.1, 0.15) is 23.8 Å². The van der Waals surface area contributed by atoms with Crippen molar-refractivity contribution in [3.63, 3.8) is 0 Å². The van der Waals surface area contributed by atoms with E-state index in [1.165, 1.54) is 24.6 Å². The Labute approximate surface area is 185 Å². The van der Waals surface area contributed by atoms with Crippen molar-refractivity contribution in [2.24, 2.45) is 9.98 Å². The van der Waals surface area contributed by atoms with Crippen LogP contribution in [0, 0.1) is 17.9 Å². The fraction of sp³-hybridized carbons (Fsp3) is 0. The van der Waals surface area contributed by atoms with Crippen molar-refractivity contribution in [3.8, 4) is 17.6 Å². The molecule has 9 heteroatoms. The molecule has 2 rings (SSSR count). The van der Waals surface area contributed by atoms with E-state index in [2.05, 4.69) is 55.5 Å². The Morgan fingerprint density at radius 3 is 1.85 bits per heavy atom. The van der Waals surface area contributed by atoms with Gasteiger partial charge in [0.05, 0.1) is 5.56 Å². The summed E-state index contributed by atoms with van der Waals surface area (Å²) in [7, 11) is 1.75. The molecule has 6 nitrogen and oxygen atoms in total. The molecule has 0 saturated heterocycles. The Hall–Kier alpha value is -1.92. The van der Waals surface area contributed by atoms with Crippen molar-refractivity contribution in [1.29, 1.82) is 5.26 Å². The van der Waals surface area contributed by atoms with E-state index in [9.17, 15) is 15.5 Å². The summed E-state index contributed by atoms with van der Waals surface area (Å²) in [5.41, 5.74) is 0.639. The SMILES string of the molecule is [C-]#[N+]C(N=Cc1ccccc1O)=C(C#N)N=Cc1ccccc1O.[I][Cu][I]. The number of rotatable bonds is 4. The molecule has 0 atom stereocenters. The predicted octanol–water partition coefficient (Wildman–Crippen LogP) is 5.02. The zero-order chi connectivity index (χ0) is 20.1. The van der Waals surface area contributed by atoms with Crippen molar-refractivity contribution in [1.82, 2.24) is 0 Å². The number of aliphatic imine (C=N–C) groups is 2. The van der Waals surface area contributed by atoms with Crippen LogP contribution in [0.5, 0.6) is 11.5 Å². The van der Waals surface area contributed by atoms with E-state index in [0.29, 0.717) is 11.1 Å². The molecule has 0 aliphatic carbocycles. The second kappa shape index (κ2) is 13.3. The molecule has 27 heavy (non-hydrogen) atoms. The van der Waals surface area contributed by atoms with Gasteiger partial charge in [-0.3, -0.25) is 4.99 Å². The first-order chi connectivity index (χ1) is 13.1. The maximum absolute atomic E-state index is 9.67. The van der Waals surface area contributed by atoms with Crippen LogP contribution in [0.2, 0.25) is 0 Å². The topological polar surface area (TPSA) is 93.3 Å². The molecule has 0 bridgehead atoms. The summed E-state index contributed by atoms with van der Waals surface area (Å²) in [5.74, 6) is -0.185. The van der Waals surface area contributed by atoms with Crippen molar-refractivity contribution in [2.75, 3.05) is 0 Å². The Kier molecular flexibility index (Phi) is 11.4. The third-order valence-corrected chi connectivity index (χ3v) is 2.96. The van der Waals surface area contributed by atoms with Gasteiger partial charge in [0, 0.05) is 11.8 Å². The van der Waals surface area contributed by atoms with Crippen LogP contribution >= 0.6 is 40.7 Å². The van der Waals surface area contributed by atoms with Crippen molar-refractivity contribution < 1.29 is 18.7 Å².